The van der Waals surface area contributed by atoms with Gasteiger partial charge in [-0.15, -0.1) is 0 Å². The van der Waals surface area contributed by atoms with Crippen LogP contribution < -0.4 is 4.72 Å². The second-order valence-electron chi connectivity index (χ2n) is 5.02. The average molecular weight is 324 g/mol. The fraction of sp³-hybridized carbons (Fsp3) is 0.250. The van der Waals surface area contributed by atoms with Crippen molar-refractivity contribution in [3.8, 4) is 0 Å². The van der Waals surface area contributed by atoms with Crippen molar-refractivity contribution in [3.63, 3.8) is 0 Å². The van der Waals surface area contributed by atoms with Crippen LogP contribution in [0.5, 0.6) is 0 Å². The number of rotatable bonds is 5. The molecule has 0 aliphatic rings. The number of nitrogens with one attached hydrogen (secondary N) is 1. The minimum Gasteiger partial charge on any atom is -0.211 e. The van der Waals surface area contributed by atoms with Gasteiger partial charge in [-0.1, -0.05) is 29.8 Å². The molecule has 1 N–H and O–H groups in total. The lowest BCUT2D eigenvalue weighted by atomic mass is 10.1. The Labute approximate surface area is 131 Å². The van der Waals surface area contributed by atoms with Crippen molar-refractivity contribution in [2.45, 2.75) is 25.2 Å². The van der Waals surface area contributed by atoms with Crippen molar-refractivity contribution in [1.29, 1.82) is 0 Å². The van der Waals surface area contributed by atoms with E-state index in [1.165, 1.54) is 0 Å². The summed E-state index contributed by atoms with van der Waals surface area (Å²) in [5.74, 6) is 0. The predicted octanol–water partition coefficient (Wildman–Crippen LogP) is 3.48. The van der Waals surface area contributed by atoms with Gasteiger partial charge in [-0.05, 0) is 61.2 Å². The Balaban J connectivity index is 2.01. The molecule has 0 atom stereocenters. The Kier molecular flexibility index (Phi) is 5.04. The summed E-state index contributed by atoms with van der Waals surface area (Å²) in [5.41, 5.74) is 3.09. The third-order valence-electron chi connectivity index (χ3n) is 3.41. The van der Waals surface area contributed by atoms with Crippen molar-refractivity contribution in [3.05, 3.63) is 64.2 Å². The van der Waals surface area contributed by atoms with Crippen LogP contribution in [0.1, 0.15) is 16.7 Å². The van der Waals surface area contributed by atoms with Crippen LogP contribution in [-0.2, 0) is 16.4 Å². The van der Waals surface area contributed by atoms with Crippen molar-refractivity contribution in [2.24, 2.45) is 0 Å². The largest absolute Gasteiger partial charge is 0.240 e. The Morgan fingerprint density at radius 1 is 1.00 bits per heavy atom. The summed E-state index contributed by atoms with van der Waals surface area (Å²) in [5, 5.41) is 0.675. The fourth-order valence-electron chi connectivity index (χ4n) is 1.95. The molecule has 2 rings (SSSR count). The van der Waals surface area contributed by atoms with Crippen LogP contribution in [0.15, 0.2) is 47.4 Å². The summed E-state index contributed by atoms with van der Waals surface area (Å²) < 4.78 is 27.0. The van der Waals surface area contributed by atoms with Gasteiger partial charge < -0.3 is 0 Å². The highest BCUT2D eigenvalue weighted by molar-refractivity contribution is 7.89. The summed E-state index contributed by atoms with van der Waals surface area (Å²) in [7, 11) is -3.45. The molecule has 21 heavy (non-hydrogen) atoms. The second-order valence-corrected chi connectivity index (χ2v) is 7.22. The van der Waals surface area contributed by atoms with Crippen LogP contribution in [-0.4, -0.2) is 15.0 Å². The lowest BCUT2D eigenvalue weighted by Crippen LogP contribution is -2.26. The molecular weight excluding hydrogens is 306 g/mol. The molecule has 0 spiro atoms. The molecule has 0 saturated heterocycles. The fourth-order valence-corrected chi connectivity index (χ4v) is 3.19. The van der Waals surface area contributed by atoms with E-state index in [1.54, 1.807) is 24.3 Å². The van der Waals surface area contributed by atoms with E-state index in [0.29, 0.717) is 22.9 Å². The minimum atomic E-state index is -3.45. The molecule has 112 valence electrons. The maximum Gasteiger partial charge on any atom is 0.240 e. The summed E-state index contributed by atoms with van der Waals surface area (Å²) in [4.78, 5) is 0.307. The van der Waals surface area contributed by atoms with Crippen LogP contribution in [0.4, 0.5) is 0 Å². The number of hydrogen-bond donors (Lipinski definition) is 1. The maximum absolute atomic E-state index is 12.2. The molecule has 0 unspecified atom stereocenters. The number of aryl methyl sites for hydroxylation is 2. The van der Waals surface area contributed by atoms with Crippen LogP contribution in [0.2, 0.25) is 5.02 Å². The molecule has 0 heterocycles. The van der Waals surface area contributed by atoms with Crippen molar-refractivity contribution >= 4 is 21.6 Å². The highest BCUT2D eigenvalue weighted by Gasteiger charge is 2.13. The molecule has 2 aromatic carbocycles. The first-order valence-electron chi connectivity index (χ1n) is 6.70. The van der Waals surface area contributed by atoms with E-state index in [9.17, 15) is 8.42 Å². The number of benzene rings is 2. The molecule has 5 heteroatoms. The lowest BCUT2D eigenvalue weighted by Gasteiger charge is -2.09. The highest BCUT2D eigenvalue weighted by Crippen LogP contribution is 2.15. The quantitative estimate of drug-likeness (QED) is 0.915. The molecule has 3 nitrogen and oxygen atoms in total. The molecule has 0 aromatic heterocycles. The zero-order valence-corrected chi connectivity index (χ0v) is 13.6. The van der Waals surface area contributed by atoms with Gasteiger partial charge in [-0.25, -0.2) is 13.1 Å². The van der Waals surface area contributed by atoms with E-state index in [1.807, 2.05) is 32.0 Å². The Morgan fingerprint density at radius 3 is 2.29 bits per heavy atom. The normalized spacial score (nSPS) is 11.6. The predicted molar refractivity (Wildman–Crippen MR) is 86.3 cm³/mol. The first kappa shape index (κ1) is 16.0. The van der Waals surface area contributed by atoms with Crippen LogP contribution >= 0.6 is 11.6 Å². The van der Waals surface area contributed by atoms with Crippen LogP contribution in [0.25, 0.3) is 0 Å². The van der Waals surface area contributed by atoms with Gasteiger partial charge in [0, 0.05) is 11.6 Å². The summed E-state index contributed by atoms with van der Waals surface area (Å²) in [6.45, 7) is 4.22. The average Bonchev–Trinajstić information content (AvgIpc) is 2.44. The van der Waals surface area contributed by atoms with Gasteiger partial charge >= 0.3 is 0 Å². The number of halogens is 1. The zero-order valence-electron chi connectivity index (χ0n) is 12.1. The smallest absolute Gasteiger partial charge is 0.211 e. The van der Waals surface area contributed by atoms with E-state index in [0.717, 1.165) is 16.7 Å². The summed E-state index contributed by atoms with van der Waals surface area (Å²) >= 11 is 5.81. The number of hydrogen-bond acceptors (Lipinski definition) is 2. The summed E-state index contributed by atoms with van der Waals surface area (Å²) in [6.07, 6.45) is 0.626. The second kappa shape index (κ2) is 6.60. The Bertz CT molecular complexity index is 724. The van der Waals surface area contributed by atoms with Gasteiger partial charge in [0.25, 0.3) is 0 Å². The van der Waals surface area contributed by atoms with E-state index >= 15 is 0 Å². The van der Waals surface area contributed by atoms with Gasteiger partial charge in [-0.3, -0.25) is 0 Å². The molecule has 0 radical (unpaired) electrons. The van der Waals surface area contributed by atoms with Gasteiger partial charge in [0.1, 0.15) is 0 Å². The monoisotopic (exact) mass is 323 g/mol. The SMILES string of the molecule is Cc1ccc(S(=O)(=O)NCCc2ccc(Cl)cc2)cc1C. The van der Waals surface area contributed by atoms with E-state index in [4.69, 9.17) is 11.6 Å². The van der Waals surface area contributed by atoms with Gasteiger partial charge in [0.05, 0.1) is 4.90 Å². The van der Waals surface area contributed by atoms with Crippen molar-refractivity contribution in [1.82, 2.24) is 4.72 Å². The molecule has 0 bridgehead atoms. The molecule has 0 fully saturated rings. The van der Waals surface area contributed by atoms with E-state index < -0.39 is 10.0 Å². The molecule has 0 saturated carbocycles. The van der Waals surface area contributed by atoms with E-state index in [2.05, 4.69) is 4.72 Å². The van der Waals surface area contributed by atoms with Gasteiger partial charge in [-0.2, -0.15) is 0 Å². The zero-order chi connectivity index (χ0) is 15.5. The Hall–Kier alpha value is -1.36. The van der Waals surface area contributed by atoms with Crippen molar-refractivity contribution < 1.29 is 8.42 Å². The van der Waals surface area contributed by atoms with E-state index in [-0.39, 0.29) is 0 Å². The third-order valence-corrected chi connectivity index (χ3v) is 5.12. The van der Waals surface area contributed by atoms with Gasteiger partial charge in [0.15, 0.2) is 0 Å². The van der Waals surface area contributed by atoms with Crippen molar-refractivity contribution in [2.75, 3.05) is 6.54 Å². The molecular formula is C16H18ClNO2S. The Morgan fingerprint density at radius 2 is 1.67 bits per heavy atom. The molecule has 0 aliphatic carbocycles. The topological polar surface area (TPSA) is 46.2 Å². The summed E-state index contributed by atoms with van der Waals surface area (Å²) in [6, 6.07) is 12.5. The molecule has 0 aliphatic heterocycles. The molecule has 2 aromatic rings. The van der Waals surface area contributed by atoms with Crippen LogP contribution in [0, 0.1) is 13.8 Å². The number of sulfonamides is 1. The standard InChI is InChI=1S/C16H18ClNO2S/c1-12-3-8-16(11-13(12)2)21(19,20)18-10-9-14-4-6-15(17)7-5-14/h3-8,11,18H,9-10H2,1-2H3. The first-order chi connectivity index (χ1) is 9.88. The lowest BCUT2D eigenvalue weighted by molar-refractivity contribution is 0.581. The third kappa shape index (κ3) is 4.30. The highest BCUT2D eigenvalue weighted by atomic mass is 35.5. The maximum atomic E-state index is 12.2. The first-order valence-corrected chi connectivity index (χ1v) is 8.56. The minimum absolute atomic E-state index is 0.307. The van der Waals surface area contributed by atoms with Gasteiger partial charge in [0.2, 0.25) is 10.0 Å². The van der Waals surface area contributed by atoms with Crippen LogP contribution in [0.3, 0.4) is 0 Å². The molecule has 0 amide bonds.